The van der Waals surface area contributed by atoms with Gasteiger partial charge < -0.3 is 5.11 Å². The van der Waals surface area contributed by atoms with E-state index in [1.165, 1.54) is 5.56 Å². The number of hydrogen-bond donors (Lipinski definition) is 1. The Morgan fingerprint density at radius 1 is 1.08 bits per heavy atom. The minimum Gasteiger partial charge on any atom is -0.478 e. The summed E-state index contributed by atoms with van der Waals surface area (Å²) in [5.74, 6) is -0.985. The van der Waals surface area contributed by atoms with Crippen molar-refractivity contribution in [1.29, 1.82) is 0 Å². The molecule has 0 atom stereocenters. The molecule has 3 nitrogen and oxygen atoms in total. The molecule has 0 saturated heterocycles. The standard InChI is InChI=1S/C21H20ClNO2/c1-12-9-15(22)10-16-17(20(24)25)11-18(23-19(12)16)13-5-7-14(8-6-13)21(2,3)4/h5-11H,1-4H3,(H,24,25). The Morgan fingerprint density at radius 2 is 1.72 bits per heavy atom. The van der Waals surface area contributed by atoms with Crippen molar-refractivity contribution in [2.24, 2.45) is 0 Å². The predicted octanol–water partition coefficient (Wildman–Crippen LogP) is 5.86. The van der Waals surface area contributed by atoms with E-state index in [9.17, 15) is 9.90 Å². The van der Waals surface area contributed by atoms with Gasteiger partial charge in [0.25, 0.3) is 0 Å². The van der Waals surface area contributed by atoms with E-state index in [1.54, 1.807) is 18.2 Å². The largest absolute Gasteiger partial charge is 0.478 e. The quantitative estimate of drug-likeness (QED) is 0.627. The summed E-state index contributed by atoms with van der Waals surface area (Å²) in [7, 11) is 0. The van der Waals surface area contributed by atoms with Crippen LogP contribution in [0.15, 0.2) is 42.5 Å². The van der Waals surface area contributed by atoms with Crippen LogP contribution in [0, 0.1) is 6.92 Å². The van der Waals surface area contributed by atoms with Crippen LogP contribution >= 0.6 is 11.6 Å². The van der Waals surface area contributed by atoms with Gasteiger partial charge in [0.05, 0.1) is 16.8 Å². The van der Waals surface area contributed by atoms with Gasteiger partial charge in [-0.05, 0) is 41.7 Å². The topological polar surface area (TPSA) is 50.2 Å². The van der Waals surface area contributed by atoms with Gasteiger partial charge in [-0.3, -0.25) is 0 Å². The van der Waals surface area contributed by atoms with Gasteiger partial charge in [0.1, 0.15) is 0 Å². The van der Waals surface area contributed by atoms with Gasteiger partial charge in [0.15, 0.2) is 0 Å². The number of aromatic carboxylic acids is 1. The lowest BCUT2D eigenvalue weighted by molar-refractivity contribution is 0.0699. The minimum atomic E-state index is -0.985. The third-order valence-corrected chi connectivity index (χ3v) is 4.56. The fraction of sp³-hybridized carbons (Fsp3) is 0.238. The summed E-state index contributed by atoms with van der Waals surface area (Å²) < 4.78 is 0. The van der Waals surface area contributed by atoms with E-state index in [-0.39, 0.29) is 11.0 Å². The fourth-order valence-electron chi connectivity index (χ4n) is 2.92. The van der Waals surface area contributed by atoms with E-state index in [1.807, 2.05) is 19.1 Å². The van der Waals surface area contributed by atoms with Crippen LogP contribution in [-0.2, 0) is 5.41 Å². The van der Waals surface area contributed by atoms with Gasteiger partial charge in [-0.2, -0.15) is 0 Å². The maximum absolute atomic E-state index is 11.7. The molecule has 0 saturated carbocycles. The van der Waals surface area contributed by atoms with Gasteiger partial charge in [-0.15, -0.1) is 0 Å². The first-order valence-electron chi connectivity index (χ1n) is 8.12. The first kappa shape index (κ1) is 17.4. The van der Waals surface area contributed by atoms with Crippen molar-refractivity contribution in [2.45, 2.75) is 33.1 Å². The molecule has 4 heteroatoms. The third-order valence-electron chi connectivity index (χ3n) is 4.35. The Hall–Kier alpha value is -2.39. The minimum absolute atomic E-state index is 0.0644. The molecule has 1 aromatic heterocycles. The zero-order chi connectivity index (χ0) is 18.4. The Kier molecular flexibility index (Phi) is 4.29. The molecule has 0 spiro atoms. The lowest BCUT2D eigenvalue weighted by Crippen LogP contribution is -2.10. The average Bonchev–Trinajstić information content (AvgIpc) is 2.53. The van der Waals surface area contributed by atoms with Crippen molar-refractivity contribution >= 4 is 28.5 Å². The number of pyridine rings is 1. The number of nitrogens with zero attached hydrogens (tertiary/aromatic N) is 1. The summed E-state index contributed by atoms with van der Waals surface area (Å²) in [6.45, 7) is 8.36. The third kappa shape index (κ3) is 3.38. The Labute approximate surface area is 152 Å². The van der Waals surface area contributed by atoms with Crippen LogP contribution in [0.25, 0.3) is 22.2 Å². The Balaban J connectivity index is 2.22. The van der Waals surface area contributed by atoms with Crippen molar-refractivity contribution in [2.75, 3.05) is 0 Å². The summed E-state index contributed by atoms with van der Waals surface area (Å²) in [4.78, 5) is 16.4. The van der Waals surface area contributed by atoms with Crippen LogP contribution in [0.2, 0.25) is 5.02 Å². The number of fused-ring (bicyclic) bond motifs is 1. The number of aryl methyl sites for hydroxylation is 1. The highest BCUT2D eigenvalue weighted by atomic mass is 35.5. The molecular weight excluding hydrogens is 334 g/mol. The lowest BCUT2D eigenvalue weighted by atomic mass is 9.86. The van der Waals surface area contributed by atoms with Crippen LogP contribution in [0.5, 0.6) is 0 Å². The van der Waals surface area contributed by atoms with E-state index in [0.717, 1.165) is 11.1 Å². The van der Waals surface area contributed by atoms with Crippen LogP contribution in [0.4, 0.5) is 0 Å². The summed E-state index contributed by atoms with van der Waals surface area (Å²) in [5.41, 5.74) is 4.57. The second kappa shape index (κ2) is 6.16. The smallest absolute Gasteiger partial charge is 0.336 e. The summed E-state index contributed by atoms with van der Waals surface area (Å²) in [6.07, 6.45) is 0. The molecule has 0 aliphatic rings. The van der Waals surface area contributed by atoms with E-state index in [2.05, 4.69) is 32.9 Å². The number of carbonyl (C=O) groups is 1. The molecular formula is C21H20ClNO2. The van der Waals surface area contributed by atoms with Crippen LogP contribution in [0.3, 0.4) is 0 Å². The fourth-order valence-corrected chi connectivity index (χ4v) is 3.20. The van der Waals surface area contributed by atoms with Gasteiger partial charge in [-0.25, -0.2) is 9.78 Å². The number of carboxylic acids is 1. The summed E-state index contributed by atoms with van der Waals surface area (Å²) >= 11 is 6.10. The first-order chi connectivity index (χ1) is 11.7. The second-order valence-electron chi connectivity index (χ2n) is 7.31. The van der Waals surface area contributed by atoms with Crippen LogP contribution in [-0.4, -0.2) is 16.1 Å². The zero-order valence-corrected chi connectivity index (χ0v) is 15.5. The van der Waals surface area contributed by atoms with Crippen molar-refractivity contribution in [1.82, 2.24) is 4.98 Å². The van der Waals surface area contributed by atoms with E-state index in [0.29, 0.717) is 21.6 Å². The van der Waals surface area contributed by atoms with E-state index in [4.69, 9.17) is 16.6 Å². The maximum Gasteiger partial charge on any atom is 0.336 e. The monoisotopic (exact) mass is 353 g/mol. The van der Waals surface area contributed by atoms with Gasteiger partial charge >= 0.3 is 5.97 Å². The van der Waals surface area contributed by atoms with E-state index < -0.39 is 5.97 Å². The molecule has 0 radical (unpaired) electrons. The molecule has 25 heavy (non-hydrogen) atoms. The lowest BCUT2D eigenvalue weighted by Gasteiger charge is -2.19. The molecule has 0 amide bonds. The number of aromatic nitrogens is 1. The molecule has 2 aromatic carbocycles. The highest BCUT2D eigenvalue weighted by Crippen LogP contribution is 2.30. The second-order valence-corrected chi connectivity index (χ2v) is 7.74. The molecule has 0 unspecified atom stereocenters. The molecule has 0 aliphatic carbocycles. The summed E-state index contributed by atoms with van der Waals surface area (Å²) in [6, 6.07) is 13.2. The first-order valence-corrected chi connectivity index (χ1v) is 8.50. The maximum atomic E-state index is 11.7. The molecule has 1 heterocycles. The van der Waals surface area contributed by atoms with E-state index >= 15 is 0 Å². The van der Waals surface area contributed by atoms with Crippen molar-refractivity contribution in [3.63, 3.8) is 0 Å². The van der Waals surface area contributed by atoms with Gasteiger partial charge in [0, 0.05) is 16.0 Å². The number of halogens is 1. The van der Waals surface area contributed by atoms with Gasteiger partial charge in [-0.1, -0.05) is 56.6 Å². The summed E-state index contributed by atoms with van der Waals surface area (Å²) in [5, 5.41) is 10.7. The Bertz CT molecular complexity index is 970. The molecule has 0 bridgehead atoms. The molecule has 0 fully saturated rings. The van der Waals surface area contributed by atoms with Gasteiger partial charge in [0.2, 0.25) is 0 Å². The van der Waals surface area contributed by atoms with Crippen LogP contribution in [0.1, 0.15) is 42.3 Å². The average molecular weight is 354 g/mol. The van der Waals surface area contributed by atoms with Crippen molar-refractivity contribution in [3.8, 4) is 11.3 Å². The Morgan fingerprint density at radius 3 is 2.28 bits per heavy atom. The van der Waals surface area contributed by atoms with Crippen LogP contribution < -0.4 is 0 Å². The predicted molar refractivity (Wildman–Crippen MR) is 103 cm³/mol. The number of hydrogen-bond acceptors (Lipinski definition) is 2. The number of carboxylic acid groups (broad SMARTS) is 1. The number of rotatable bonds is 2. The molecule has 0 aliphatic heterocycles. The van der Waals surface area contributed by atoms with Crippen molar-refractivity contribution < 1.29 is 9.90 Å². The molecule has 3 aromatic rings. The SMILES string of the molecule is Cc1cc(Cl)cc2c(C(=O)O)cc(-c3ccc(C(C)(C)C)cc3)nc12. The highest BCUT2D eigenvalue weighted by Gasteiger charge is 2.17. The zero-order valence-electron chi connectivity index (χ0n) is 14.7. The number of benzene rings is 2. The highest BCUT2D eigenvalue weighted by molar-refractivity contribution is 6.31. The normalized spacial score (nSPS) is 11.7. The van der Waals surface area contributed by atoms with Crippen molar-refractivity contribution in [3.05, 3.63) is 64.2 Å². The molecule has 3 rings (SSSR count). The molecule has 1 N–H and O–H groups in total. The molecule has 128 valence electrons.